The van der Waals surface area contributed by atoms with Gasteiger partial charge in [-0.1, -0.05) is 24.0 Å². The van der Waals surface area contributed by atoms with Crippen LogP contribution < -0.4 is 26.0 Å². The van der Waals surface area contributed by atoms with Gasteiger partial charge in [0.2, 0.25) is 16.0 Å². The third kappa shape index (κ3) is 8.85. The number of carbonyl (C=O) groups excluding carboxylic acids is 1. The summed E-state index contributed by atoms with van der Waals surface area (Å²) in [6, 6.07) is 8.96. The molecule has 0 aliphatic carbocycles. The fourth-order valence-electron chi connectivity index (χ4n) is 4.81. The van der Waals surface area contributed by atoms with E-state index in [2.05, 4.69) is 57.6 Å². The Balaban J connectivity index is 1.25. The van der Waals surface area contributed by atoms with Gasteiger partial charge in [0.05, 0.1) is 28.8 Å². The number of halogens is 3. The molecule has 2 aliphatic rings. The Bertz CT molecular complexity index is 1730. The molecule has 5 N–H and O–H groups in total. The monoisotopic (exact) mass is 657 g/mol. The summed E-state index contributed by atoms with van der Waals surface area (Å²) < 4.78 is 68.1. The van der Waals surface area contributed by atoms with Crippen LogP contribution in [0.25, 0.3) is 0 Å². The van der Waals surface area contributed by atoms with Gasteiger partial charge in [0.25, 0.3) is 0 Å². The molecule has 3 aromatic rings. The number of hydrogen-bond donors (Lipinski definition) is 5. The summed E-state index contributed by atoms with van der Waals surface area (Å²) in [5.74, 6) is 6.36. The quantitative estimate of drug-likeness (QED) is 0.267. The number of benzene rings is 2. The Kier molecular flexibility index (Phi) is 10.3. The van der Waals surface area contributed by atoms with Gasteiger partial charge in [0, 0.05) is 57.2 Å². The van der Waals surface area contributed by atoms with Crippen molar-refractivity contribution >= 4 is 39.2 Å². The van der Waals surface area contributed by atoms with Crippen molar-refractivity contribution in [3.8, 4) is 11.8 Å². The smallest absolute Gasteiger partial charge is 0.369 e. The van der Waals surface area contributed by atoms with E-state index in [0.29, 0.717) is 42.1 Å². The molecule has 46 heavy (non-hydrogen) atoms. The van der Waals surface area contributed by atoms with Crippen LogP contribution >= 0.6 is 0 Å². The molecule has 244 valence electrons. The lowest BCUT2D eigenvalue weighted by Gasteiger charge is -2.32. The number of piperazine rings is 1. The van der Waals surface area contributed by atoms with E-state index in [0.717, 1.165) is 38.3 Å². The summed E-state index contributed by atoms with van der Waals surface area (Å²) in [5.41, 5.74) is 0.725. The highest BCUT2D eigenvalue weighted by atomic mass is 32.2. The Morgan fingerprint density at radius 1 is 1.09 bits per heavy atom. The van der Waals surface area contributed by atoms with Crippen molar-refractivity contribution in [2.45, 2.75) is 24.0 Å². The normalized spacial score (nSPS) is 17.0. The van der Waals surface area contributed by atoms with Crippen LogP contribution in [0.15, 0.2) is 53.6 Å². The molecule has 0 spiro atoms. The first-order valence-electron chi connectivity index (χ1n) is 14.6. The van der Waals surface area contributed by atoms with Crippen molar-refractivity contribution in [2.75, 3.05) is 68.8 Å². The van der Waals surface area contributed by atoms with Gasteiger partial charge >= 0.3 is 12.2 Å². The van der Waals surface area contributed by atoms with Crippen molar-refractivity contribution < 1.29 is 26.4 Å². The van der Waals surface area contributed by atoms with Crippen molar-refractivity contribution in [2.24, 2.45) is 0 Å². The second kappa shape index (κ2) is 14.3. The molecular formula is C30H34F3N9O3S. The maximum atomic E-state index is 13.5. The maximum Gasteiger partial charge on any atom is 0.416 e. The first-order valence-corrected chi connectivity index (χ1v) is 16.1. The summed E-state index contributed by atoms with van der Waals surface area (Å²) in [4.78, 5) is 25.9. The van der Waals surface area contributed by atoms with Crippen LogP contribution in [0.2, 0.25) is 0 Å². The average Bonchev–Trinajstić information content (AvgIpc) is 3.01. The second-order valence-corrected chi connectivity index (χ2v) is 12.6. The van der Waals surface area contributed by atoms with Crippen LogP contribution in [0.4, 0.5) is 41.1 Å². The van der Waals surface area contributed by atoms with E-state index in [9.17, 15) is 26.4 Å². The van der Waals surface area contributed by atoms with E-state index in [1.54, 1.807) is 12.1 Å². The first kappa shape index (κ1) is 32.9. The number of likely N-dealkylation sites (N-methyl/N-ethyl adjacent to an activating group) is 1. The van der Waals surface area contributed by atoms with Crippen LogP contribution in [-0.4, -0.2) is 87.1 Å². The standard InChI is InChI=1S/C30H34F3N9O3S/c1-41-13-15-42(16-14-41)20-22-8-9-23(30(31,32)33)17-26(22)39-29(43)35-10-3-5-21-19-36-28-38-24-6-2-7-25(18-24)46(44,45)37-12-4-11-34-27(21)40-28/h2,6-9,17-19,37H,4,10-16,20H2,1H3,(H2,35,39,43)(H2,34,36,38,40). The summed E-state index contributed by atoms with van der Waals surface area (Å²) in [5, 5.41) is 11.3. The fourth-order valence-corrected chi connectivity index (χ4v) is 5.93. The van der Waals surface area contributed by atoms with Gasteiger partial charge in [0.15, 0.2) is 0 Å². The fraction of sp³-hybridized carbons (Fsp3) is 0.367. The number of aromatic nitrogens is 2. The first-order chi connectivity index (χ1) is 22.0. The van der Waals surface area contributed by atoms with Crippen LogP contribution in [0.1, 0.15) is 23.1 Å². The molecule has 2 aromatic carbocycles. The van der Waals surface area contributed by atoms with Gasteiger partial charge in [-0.05, 0) is 49.4 Å². The van der Waals surface area contributed by atoms with E-state index >= 15 is 0 Å². The topological polar surface area (TPSA) is 144 Å². The number of nitrogens with one attached hydrogen (secondary N) is 5. The van der Waals surface area contributed by atoms with E-state index in [1.165, 1.54) is 24.4 Å². The third-order valence-corrected chi connectivity index (χ3v) is 8.82. The molecule has 5 rings (SSSR count). The Labute approximate surface area is 265 Å². The van der Waals surface area contributed by atoms with Gasteiger partial charge in [-0.15, -0.1) is 0 Å². The molecular weight excluding hydrogens is 623 g/mol. The average molecular weight is 658 g/mol. The zero-order valence-corrected chi connectivity index (χ0v) is 25.9. The van der Waals surface area contributed by atoms with Crippen molar-refractivity contribution in [3.63, 3.8) is 0 Å². The van der Waals surface area contributed by atoms with E-state index in [4.69, 9.17) is 0 Å². The highest BCUT2D eigenvalue weighted by Gasteiger charge is 2.31. The molecule has 0 saturated carbocycles. The number of hydrogen-bond acceptors (Lipinski definition) is 9. The third-order valence-electron chi connectivity index (χ3n) is 7.36. The summed E-state index contributed by atoms with van der Waals surface area (Å²) >= 11 is 0. The van der Waals surface area contributed by atoms with Crippen molar-refractivity contribution in [1.82, 2.24) is 29.8 Å². The number of amides is 2. The highest BCUT2D eigenvalue weighted by molar-refractivity contribution is 7.89. The molecule has 2 amide bonds. The predicted octanol–water partition coefficient (Wildman–Crippen LogP) is 3.25. The van der Waals surface area contributed by atoms with Crippen LogP contribution in [-0.2, 0) is 22.7 Å². The van der Waals surface area contributed by atoms with E-state index in [1.807, 2.05) is 7.05 Å². The van der Waals surface area contributed by atoms with Gasteiger partial charge < -0.3 is 26.2 Å². The van der Waals surface area contributed by atoms with Gasteiger partial charge in [-0.25, -0.2) is 22.9 Å². The number of nitrogens with zero attached hydrogens (tertiary/aromatic N) is 4. The minimum atomic E-state index is -4.56. The molecule has 1 saturated heterocycles. The second-order valence-electron chi connectivity index (χ2n) is 10.8. The van der Waals surface area contributed by atoms with Crippen molar-refractivity contribution in [1.29, 1.82) is 0 Å². The molecule has 2 aliphatic heterocycles. The number of carbonyl (C=O) groups is 1. The van der Waals surface area contributed by atoms with Crippen LogP contribution in [0.5, 0.6) is 0 Å². The van der Waals surface area contributed by atoms with E-state index in [-0.39, 0.29) is 29.6 Å². The largest absolute Gasteiger partial charge is 0.416 e. The zero-order valence-electron chi connectivity index (χ0n) is 25.0. The minimum absolute atomic E-state index is 0.0824. The number of sulfonamides is 1. The Morgan fingerprint density at radius 2 is 1.89 bits per heavy atom. The van der Waals surface area contributed by atoms with E-state index < -0.39 is 27.8 Å². The summed E-state index contributed by atoms with van der Waals surface area (Å²) in [6.07, 6.45) is -2.60. The lowest BCUT2D eigenvalue weighted by Crippen LogP contribution is -2.44. The molecule has 0 radical (unpaired) electrons. The number of anilines is 4. The van der Waals surface area contributed by atoms with Crippen LogP contribution in [0.3, 0.4) is 0 Å². The maximum absolute atomic E-state index is 13.5. The lowest BCUT2D eigenvalue weighted by molar-refractivity contribution is -0.137. The molecule has 4 bridgehead atoms. The molecule has 1 fully saturated rings. The molecule has 1 aromatic heterocycles. The predicted molar refractivity (Wildman–Crippen MR) is 168 cm³/mol. The summed E-state index contributed by atoms with van der Waals surface area (Å²) in [6.45, 7) is 4.11. The van der Waals surface area contributed by atoms with Gasteiger partial charge in [-0.3, -0.25) is 4.90 Å². The molecule has 0 unspecified atom stereocenters. The molecule has 3 heterocycles. The SMILES string of the molecule is CN1CCN(Cc2ccc(C(F)(F)F)cc2NC(=O)NCC#Cc2cnc3nc2NCCCNS(=O)(=O)c2cccc(c2)N3)CC1. The molecule has 16 heteroatoms. The highest BCUT2D eigenvalue weighted by Crippen LogP contribution is 2.33. The Hall–Kier alpha value is -4.43. The number of fused-ring (bicyclic) bond motifs is 4. The minimum Gasteiger partial charge on any atom is -0.369 e. The van der Waals surface area contributed by atoms with Gasteiger partial charge in [-0.2, -0.15) is 18.2 Å². The van der Waals surface area contributed by atoms with Gasteiger partial charge in [0.1, 0.15) is 5.82 Å². The Morgan fingerprint density at radius 3 is 2.67 bits per heavy atom. The lowest BCUT2D eigenvalue weighted by atomic mass is 10.1. The zero-order chi connectivity index (χ0) is 32.7. The summed E-state index contributed by atoms with van der Waals surface area (Å²) in [7, 11) is -1.66. The number of rotatable bonds is 4. The number of urea groups is 1. The molecule has 0 atom stereocenters. The molecule has 12 nitrogen and oxygen atoms in total. The van der Waals surface area contributed by atoms with Crippen LogP contribution in [0, 0.1) is 11.8 Å². The van der Waals surface area contributed by atoms with Crippen molar-refractivity contribution in [3.05, 3.63) is 65.4 Å². The number of alkyl halides is 3.